The molecule has 0 aliphatic rings. The molecule has 0 aliphatic carbocycles. The summed E-state index contributed by atoms with van der Waals surface area (Å²) < 4.78 is 0. The molecule has 6 nitrogen and oxygen atoms in total. The van der Waals surface area contributed by atoms with Crippen LogP contribution in [0.25, 0.3) is 11.2 Å². The summed E-state index contributed by atoms with van der Waals surface area (Å²) in [4.78, 5) is 20.8. The molecule has 2 rings (SSSR count). The molecule has 6 heteroatoms. The number of H-pyrrole nitrogens is 1. The van der Waals surface area contributed by atoms with Gasteiger partial charge in [0, 0.05) is 0 Å². The van der Waals surface area contributed by atoms with Crippen LogP contribution in [0, 0.1) is 0 Å². The summed E-state index contributed by atoms with van der Waals surface area (Å²) >= 11 is 0. The van der Waals surface area contributed by atoms with Gasteiger partial charge in [0.1, 0.15) is 6.33 Å². The predicted octanol–water partition coefficient (Wildman–Crippen LogP) is -0.892. The van der Waals surface area contributed by atoms with E-state index in [-0.39, 0.29) is 11.1 Å². The number of hydrogen-bond acceptors (Lipinski definition) is 5. The van der Waals surface area contributed by atoms with Gasteiger partial charge in [-0.3, -0.25) is 4.79 Å². The molecule has 0 saturated heterocycles. The van der Waals surface area contributed by atoms with Crippen molar-refractivity contribution in [1.82, 2.24) is 25.1 Å². The topological polar surface area (TPSA) is 84.4 Å². The number of aromatic nitrogens is 5. The zero-order valence-electron chi connectivity index (χ0n) is 5.35. The lowest BCUT2D eigenvalue weighted by molar-refractivity contribution is 0.984. The van der Waals surface area contributed by atoms with Gasteiger partial charge in [0.05, 0.1) is 6.33 Å². The third-order valence-electron chi connectivity index (χ3n) is 1.20. The molecule has 2 aromatic heterocycles. The maximum Gasteiger partial charge on any atom is 0.280 e. The summed E-state index contributed by atoms with van der Waals surface area (Å²) in [7, 11) is 0. The van der Waals surface area contributed by atoms with Crippen LogP contribution in [0.3, 0.4) is 0 Å². The molecule has 54 valence electrons. The van der Waals surface area contributed by atoms with Crippen molar-refractivity contribution in [3.8, 4) is 0 Å². The molecule has 0 atom stereocenters. The Morgan fingerprint density at radius 2 is 2.27 bits per heavy atom. The Morgan fingerprint density at radius 3 is 3.09 bits per heavy atom. The Bertz CT molecular complexity index is 431. The van der Waals surface area contributed by atoms with E-state index in [1.807, 2.05) is 0 Å². The van der Waals surface area contributed by atoms with E-state index >= 15 is 0 Å². The highest BCUT2D eigenvalue weighted by Crippen LogP contribution is 1.91. The van der Waals surface area contributed by atoms with Gasteiger partial charge in [0.15, 0.2) is 11.2 Å². The van der Waals surface area contributed by atoms with E-state index in [0.717, 1.165) is 0 Å². The second kappa shape index (κ2) is 2.08. The monoisotopic (exact) mass is 149 g/mol. The van der Waals surface area contributed by atoms with Crippen LogP contribution < -0.4 is 5.56 Å². The zero-order valence-corrected chi connectivity index (χ0v) is 5.35. The highest BCUT2D eigenvalue weighted by atomic mass is 16.1. The Labute approximate surface area is 60.3 Å². The molecule has 0 saturated carbocycles. The molecule has 2 heterocycles. The molecule has 1 N–H and O–H groups in total. The van der Waals surface area contributed by atoms with Crippen molar-refractivity contribution in [3.05, 3.63) is 23.0 Å². The van der Waals surface area contributed by atoms with E-state index in [1.165, 1.54) is 12.7 Å². The fourth-order valence-electron chi connectivity index (χ4n) is 0.732. The first kappa shape index (κ1) is 5.90. The van der Waals surface area contributed by atoms with Crippen molar-refractivity contribution in [2.24, 2.45) is 0 Å². The molecular weight excluding hydrogens is 146 g/mol. The molecule has 0 aromatic carbocycles. The SMILES string of the molecule is O=c1[nH]cnc2ncnnc12. The minimum atomic E-state index is -0.324. The molecule has 0 aliphatic heterocycles. The normalized spacial score (nSPS) is 10.2. The molecule has 2 aromatic rings. The predicted molar refractivity (Wildman–Crippen MR) is 35.7 cm³/mol. The Kier molecular flexibility index (Phi) is 1.12. The Morgan fingerprint density at radius 1 is 1.36 bits per heavy atom. The number of rotatable bonds is 0. The van der Waals surface area contributed by atoms with Crippen LogP contribution in [0.5, 0.6) is 0 Å². The molecule has 11 heavy (non-hydrogen) atoms. The first-order chi connectivity index (χ1) is 5.38. The van der Waals surface area contributed by atoms with Gasteiger partial charge in [-0.05, 0) is 0 Å². The highest BCUT2D eigenvalue weighted by molar-refractivity contribution is 5.65. The molecule has 0 fully saturated rings. The van der Waals surface area contributed by atoms with Gasteiger partial charge in [-0.25, -0.2) is 9.97 Å². The van der Waals surface area contributed by atoms with Crippen LogP contribution in [-0.4, -0.2) is 25.1 Å². The van der Waals surface area contributed by atoms with E-state index in [2.05, 4.69) is 25.1 Å². The highest BCUT2D eigenvalue weighted by Gasteiger charge is 1.98. The average molecular weight is 149 g/mol. The van der Waals surface area contributed by atoms with Crippen molar-refractivity contribution in [2.75, 3.05) is 0 Å². The lowest BCUT2D eigenvalue weighted by atomic mass is 10.5. The largest absolute Gasteiger partial charge is 0.311 e. The fourth-order valence-corrected chi connectivity index (χ4v) is 0.732. The molecule has 0 spiro atoms. The lowest BCUT2D eigenvalue weighted by Gasteiger charge is -1.88. The van der Waals surface area contributed by atoms with Gasteiger partial charge in [-0.2, -0.15) is 0 Å². The average Bonchev–Trinajstić information content (AvgIpc) is 2.06. The number of fused-ring (bicyclic) bond motifs is 1. The van der Waals surface area contributed by atoms with Gasteiger partial charge in [0.2, 0.25) is 0 Å². The number of nitrogens with zero attached hydrogens (tertiary/aromatic N) is 4. The van der Waals surface area contributed by atoms with Crippen molar-refractivity contribution in [2.45, 2.75) is 0 Å². The van der Waals surface area contributed by atoms with E-state index in [4.69, 9.17) is 0 Å². The van der Waals surface area contributed by atoms with Crippen molar-refractivity contribution in [3.63, 3.8) is 0 Å². The molecular formula is C5H3N5O. The zero-order chi connectivity index (χ0) is 7.68. The van der Waals surface area contributed by atoms with Crippen LogP contribution in [-0.2, 0) is 0 Å². The summed E-state index contributed by atoms with van der Waals surface area (Å²) in [6.07, 6.45) is 2.52. The lowest BCUT2D eigenvalue weighted by Crippen LogP contribution is -2.09. The van der Waals surface area contributed by atoms with Gasteiger partial charge in [0.25, 0.3) is 5.56 Å². The second-order valence-electron chi connectivity index (χ2n) is 1.86. The minimum absolute atomic E-state index is 0.162. The molecule has 0 unspecified atom stereocenters. The molecule has 0 amide bonds. The Balaban J connectivity index is 3.03. The van der Waals surface area contributed by atoms with Crippen LogP contribution in [0.1, 0.15) is 0 Å². The number of hydrogen-bond donors (Lipinski definition) is 1. The first-order valence-electron chi connectivity index (χ1n) is 2.89. The van der Waals surface area contributed by atoms with Crippen LogP contribution >= 0.6 is 0 Å². The van der Waals surface area contributed by atoms with Gasteiger partial charge < -0.3 is 4.98 Å². The van der Waals surface area contributed by atoms with Crippen LogP contribution in [0.2, 0.25) is 0 Å². The van der Waals surface area contributed by atoms with E-state index in [1.54, 1.807) is 0 Å². The third-order valence-corrected chi connectivity index (χ3v) is 1.20. The fraction of sp³-hybridized carbons (Fsp3) is 0. The number of aromatic amines is 1. The standard InChI is InChI=1S/C5H3N5O/c11-5-3-4(6-1-8-5)7-2-9-10-3/h1-2H,(H,6,7,8,9,11). The quantitative estimate of drug-likeness (QED) is 0.525. The van der Waals surface area contributed by atoms with Crippen molar-refractivity contribution < 1.29 is 0 Å². The maximum absolute atomic E-state index is 10.9. The summed E-state index contributed by atoms with van der Waals surface area (Å²) in [5.74, 6) is 0. The van der Waals surface area contributed by atoms with Crippen molar-refractivity contribution in [1.29, 1.82) is 0 Å². The summed E-state index contributed by atoms with van der Waals surface area (Å²) in [6, 6.07) is 0. The summed E-state index contributed by atoms with van der Waals surface area (Å²) in [5.41, 5.74) is 0.148. The molecule has 0 bridgehead atoms. The maximum atomic E-state index is 10.9. The minimum Gasteiger partial charge on any atom is -0.311 e. The van der Waals surface area contributed by atoms with Gasteiger partial charge >= 0.3 is 0 Å². The first-order valence-corrected chi connectivity index (χ1v) is 2.89. The number of nitrogens with one attached hydrogen (secondary N) is 1. The van der Waals surface area contributed by atoms with Gasteiger partial charge in [-0.15, -0.1) is 10.2 Å². The van der Waals surface area contributed by atoms with E-state index < -0.39 is 0 Å². The van der Waals surface area contributed by atoms with Crippen LogP contribution in [0.15, 0.2) is 17.4 Å². The summed E-state index contributed by atoms with van der Waals surface area (Å²) in [6.45, 7) is 0. The van der Waals surface area contributed by atoms with Crippen LogP contribution in [0.4, 0.5) is 0 Å². The summed E-state index contributed by atoms with van der Waals surface area (Å²) in [5, 5.41) is 7.01. The van der Waals surface area contributed by atoms with E-state index in [9.17, 15) is 4.79 Å². The van der Waals surface area contributed by atoms with E-state index in [0.29, 0.717) is 5.65 Å². The molecule has 0 radical (unpaired) electrons. The second-order valence-corrected chi connectivity index (χ2v) is 1.86. The Hall–Kier alpha value is -1.85. The van der Waals surface area contributed by atoms with Crippen molar-refractivity contribution >= 4 is 11.2 Å². The van der Waals surface area contributed by atoms with Gasteiger partial charge in [-0.1, -0.05) is 0 Å². The third kappa shape index (κ3) is 0.841. The smallest absolute Gasteiger partial charge is 0.280 e.